The largest absolute Gasteiger partial charge is 0.389 e. The highest BCUT2D eigenvalue weighted by Gasteiger charge is 2.19. The summed E-state index contributed by atoms with van der Waals surface area (Å²) in [6.07, 6.45) is 0. The molecule has 19 heavy (non-hydrogen) atoms. The van der Waals surface area contributed by atoms with E-state index < -0.39 is 11.9 Å². The van der Waals surface area contributed by atoms with Crippen LogP contribution in [0.25, 0.3) is 0 Å². The predicted octanol–water partition coefficient (Wildman–Crippen LogP) is 1.74. The summed E-state index contributed by atoms with van der Waals surface area (Å²) >= 11 is 4.83. The topological polar surface area (TPSA) is 58.4 Å². The van der Waals surface area contributed by atoms with Crippen LogP contribution in [0.5, 0.6) is 0 Å². The van der Waals surface area contributed by atoms with E-state index in [-0.39, 0.29) is 16.5 Å². The first-order valence-corrected chi connectivity index (χ1v) is 6.39. The van der Waals surface area contributed by atoms with Crippen LogP contribution in [-0.2, 0) is 4.79 Å². The van der Waals surface area contributed by atoms with Gasteiger partial charge in [0.2, 0.25) is 5.91 Å². The Morgan fingerprint density at radius 3 is 2.74 bits per heavy atom. The number of carbonyl (C=O) groups is 1. The molecule has 0 aliphatic carbocycles. The Kier molecular flexibility index (Phi) is 5.23. The number of anilines is 1. The van der Waals surface area contributed by atoms with Crippen LogP contribution in [0.15, 0.2) is 18.2 Å². The second kappa shape index (κ2) is 6.47. The van der Waals surface area contributed by atoms with Crippen molar-refractivity contribution in [1.29, 1.82) is 0 Å². The quantitative estimate of drug-likeness (QED) is 0.808. The van der Waals surface area contributed by atoms with Crippen molar-refractivity contribution in [3.05, 3.63) is 29.6 Å². The van der Waals surface area contributed by atoms with Crippen LogP contribution in [0, 0.1) is 5.82 Å². The number of thiocarbonyl (C=S) groups is 1. The molecule has 0 aliphatic rings. The number of hydrogen-bond acceptors (Lipinski definition) is 3. The number of nitrogens with one attached hydrogen (secondary N) is 1. The Balaban J connectivity index is 2.97. The highest BCUT2D eigenvalue weighted by Crippen LogP contribution is 2.20. The van der Waals surface area contributed by atoms with E-state index in [1.165, 1.54) is 6.07 Å². The average Bonchev–Trinajstić information content (AvgIpc) is 2.36. The molecule has 0 heterocycles. The van der Waals surface area contributed by atoms with Crippen molar-refractivity contribution in [1.82, 2.24) is 4.90 Å². The second-order valence-corrected chi connectivity index (χ2v) is 4.68. The predicted molar refractivity (Wildman–Crippen MR) is 78.7 cm³/mol. The van der Waals surface area contributed by atoms with Crippen molar-refractivity contribution < 1.29 is 9.18 Å². The van der Waals surface area contributed by atoms with Crippen molar-refractivity contribution >= 4 is 28.8 Å². The second-order valence-electron chi connectivity index (χ2n) is 4.25. The number of nitrogens with zero attached hydrogens (tertiary/aromatic N) is 1. The third-order valence-electron chi connectivity index (χ3n) is 2.85. The van der Waals surface area contributed by atoms with Crippen molar-refractivity contribution in [3.63, 3.8) is 0 Å². The molecule has 0 aliphatic heterocycles. The maximum atomic E-state index is 13.7. The van der Waals surface area contributed by atoms with E-state index in [2.05, 4.69) is 5.32 Å². The first-order valence-electron chi connectivity index (χ1n) is 5.98. The molecular weight excluding hydrogens is 265 g/mol. The normalized spacial score (nSPS) is 11.8. The zero-order valence-electron chi connectivity index (χ0n) is 11.2. The summed E-state index contributed by atoms with van der Waals surface area (Å²) in [5, 5.41) is 2.95. The van der Waals surface area contributed by atoms with Gasteiger partial charge in [-0.3, -0.25) is 4.79 Å². The fraction of sp³-hybridized carbons (Fsp3) is 0.385. The summed E-state index contributed by atoms with van der Waals surface area (Å²) in [5.74, 6) is -0.582. The lowest BCUT2D eigenvalue weighted by atomic mass is 10.1. The summed E-state index contributed by atoms with van der Waals surface area (Å²) in [5.41, 5.74) is 6.07. The average molecular weight is 283 g/mol. The lowest BCUT2D eigenvalue weighted by Gasteiger charge is -2.22. The molecular formula is C13H18FN3OS. The fourth-order valence-corrected chi connectivity index (χ4v) is 1.88. The van der Waals surface area contributed by atoms with Crippen LogP contribution in [-0.4, -0.2) is 35.4 Å². The van der Waals surface area contributed by atoms with Crippen molar-refractivity contribution in [2.24, 2.45) is 5.73 Å². The molecule has 0 fully saturated rings. The number of likely N-dealkylation sites (N-methyl/N-ethyl adjacent to an activating group) is 1. The van der Waals surface area contributed by atoms with E-state index in [4.69, 9.17) is 18.0 Å². The zero-order valence-corrected chi connectivity index (χ0v) is 12.1. The van der Waals surface area contributed by atoms with Gasteiger partial charge in [0.15, 0.2) is 0 Å². The summed E-state index contributed by atoms with van der Waals surface area (Å²) < 4.78 is 13.7. The molecule has 1 atom stereocenters. The molecule has 4 nitrogen and oxygen atoms in total. The first kappa shape index (κ1) is 15.4. The van der Waals surface area contributed by atoms with Crippen LogP contribution in [0.4, 0.5) is 10.1 Å². The molecule has 1 rings (SSSR count). The number of rotatable bonds is 5. The van der Waals surface area contributed by atoms with E-state index in [0.29, 0.717) is 12.2 Å². The Morgan fingerprint density at radius 1 is 1.58 bits per heavy atom. The van der Waals surface area contributed by atoms with Crippen molar-refractivity contribution in [3.8, 4) is 0 Å². The molecule has 3 N–H and O–H groups in total. The number of halogens is 1. The van der Waals surface area contributed by atoms with E-state index in [1.54, 1.807) is 31.0 Å². The molecule has 1 aromatic carbocycles. The molecule has 0 spiro atoms. The van der Waals surface area contributed by atoms with Gasteiger partial charge in [-0.05, 0) is 26.0 Å². The van der Waals surface area contributed by atoms with Gasteiger partial charge >= 0.3 is 0 Å². The fourth-order valence-electron chi connectivity index (χ4n) is 1.68. The molecule has 0 bridgehead atoms. The van der Waals surface area contributed by atoms with Gasteiger partial charge in [-0.1, -0.05) is 18.3 Å². The van der Waals surface area contributed by atoms with Gasteiger partial charge in [0.25, 0.3) is 0 Å². The molecule has 1 unspecified atom stereocenters. The molecule has 0 aromatic heterocycles. The highest BCUT2D eigenvalue weighted by molar-refractivity contribution is 7.80. The van der Waals surface area contributed by atoms with E-state index in [9.17, 15) is 9.18 Å². The minimum Gasteiger partial charge on any atom is -0.389 e. The van der Waals surface area contributed by atoms with Crippen molar-refractivity contribution in [2.75, 3.05) is 18.9 Å². The van der Waals surface area contributed by atoms with Gasteiger partial charge in [-0.25, -0.2) is 4.39 Å². The third-order valence-corrected chi connectivity index (χ3v) is 3.06. The summed E-state index contributed by atoms with van der Waals surface area (Å²) in [4.78, 5) is 13.5. The van der Waals surface area contributed by atoms with Crippen LogP contribution < -0.4 is 11.1 Å². The Bertz CT molecular complexity index is 493. The van der Waals surface area contributed by atoms with Crippen molar-refractivity contribution in [2.45, 2.75) is 19.9 Å². The molecule has 1 amide bonds. The van der Waals surface area contributed by atoms with Gasteiger partial charge in [-0.2, -0.15) is 0 Å². The van der Waals surface area contributed by atoms with Crippen LogP contribution in [0.1, 0.15) is 19.4 Å². The van der Waals surface area contributed by atoms with Gasteiger partial charge in [-0.15, -0.1) is 0 Å². The lowest BCUT2D eigenvalue weighted by molar-refractivity contribution is -0.130. The highest BCUT2D eigenvalue weighted by atomic mass is 32.1. The maximum Gasteiger partial charge on any atom is 0.244 e. The number of carbonyl (C=O) groups excluding carboxylic acids is 1. The molecule has 1 aromatic rings. The van der Waals surface area contributed by atoms with Gasteiger partial charge < -0.3 is 16.0 Å². The molecule has 0 saturated carbocycles. The molecule has 104 valence electrons. The standard InChI is InChI=1S/C13H18FN3OS/c1-4-17(3)13(18)8(2)16-10-7-5-6-9(14)11(10)12(15)19/h5-8,16H,4H2,1-3H3,(H2,15,19). The third kappa shape index (κ3) is 3.64. The lowest BCUT2D eigenvalue weighted by Crippen LogP contribution is -2.39. The summed E-state index contributed by atoms with van der Waals surface area (Å²) in [6.45, 7) is 4.20. The van der Waals surface area contributed by atoms with Gasteiger partial charge in [0.1, 0.15) is 16.8 Å². The molecule has 6 heteroatoms. The van der Waals surface area contributed by atoms with Crippen LogP contribution in [0.3, 0.4) is 0 Å². The van der Waals surface area contributed by atoms with E-state index in [0.717, 1.165) is 0 Å². The number of benzene rings is 1. The van der Waals surface area contributed by atoms with Gasteiger partial charge in [0, 0.05) is 19.3 Å². The smallest absolute Gasteiger partial charge is 0.244 e. The number of nitrogens with two attached hydrogens (primary N) is 1. The number of amides is 1. The molecule has 0 saturated heterocycles. The molecule has 0 radical (unpaired) electrons. The Hall–Kier alpha value is -1.69. The zero-order chi connectivity index (χ0) is 14.6. The van der Waals surface area contributed by atoms with Gasteiger partial charge in [0.05, 0.1) is 5.56 Å². The Labute approximate surface area is 117 Å². The van der Waals surface area contributed by atoms with E-state index >= 15 is 0 Å². The SMILES string of the molecule is CCN(C)C(=O)C(C)Nc1cccc(F)c1C(N)=S. The maximum absolute atomic E-state index is 13.7. The summed E-state index contributed by atoms with van der Waals surface area (Å²) in [6, 6.07) is 3.98. The number of hydrogen-bond donors (Lipinski definition) is 2. The first-order chi connectivity index (χ1) is 8.88. The summed E-state index contributed by atoms with van der Waals surface area (Å²) in [7, 11) is 1.71. The Morgan fingerprint density at radius 2 is 2.21 bits per heavy atom. The minimum atomic E-state index is -0.499. The van der Waals surface area contributed by atoms with E-state index in [1.807, 2.05) is 6.92 Å². The minimum absolute atomic E-state index is 0.0379. The van der Waals surface area contributed by atoms with Crippen LogP contribution >= 0.6 is 12.2 Å². The van der Waals surface area contributed by atoms with Crippen LogP contribution in [0.2, 0.25) is 0 Å². The monoisotopic (exact) mass is 283 g/mol.